The lowest BCUT2D eigenvalue weighted by Crippen LogP contribution is -2.12. The van der Waals surface area contributed by atoms with Crippen LogP contribution in [0.2, 0.25) is 0 Å². The van der Waals surface area contributed by atoms with Crippen LogP contribution >= 0.6 is 11.3 Å². The number of nitrogen functional groups attached to an aromatic ring is 1. The summed E-state index contributed by atoms with van der Waals surface area (Å²) in [5, 5.41) is 4.80. The molecule has 3 aromatic heterocycles. The second-order valence-electron chi connectivity index (χ2n) is 6.75. The summed E-state index contributed by atoms with van der Waals surface area (Å²) in [6, 6.07) is 9.63. The third-order valence-electron chi connectivity index (χ3n) is 4.97. The van der Waals surface area contributed by atoms with Gasteiger partial charge in [0.25, 0.3) is 5.91 Å². The molecule has 0 aliphatic rings. The van der Waals surface area contributed by atoms with Crippen LogP contribution < -0.4 is 11.1 Å². The van der Waals surface area contributed by atoms with Gasteiger partial charge in [-0.25, -0.2) is 4.98 Å². The molecule has 0 aliphatic carbocycles. The van der Waals surface area contributed by atoms with E-state index in [1.807, 2.05) is 58.0 Å². The van der Waals surface area contributed by atoms with Gasteiger partial charge in [-0.3, -0.25) is 9.78 Å². The Morgan fingerprint density at radius 3 is 2.59 bits per heavy atom. The fourth-order valence-corrected chi connectivity index (χ4v) is 4.42. The second-order valence-corrected chi connectivity index (χ2v) is 7.75. The number of rotatable bonds is 2. The molecule has 3 N–H and O–H groups in total. The van der Waals surface area contributed by atoms with Crippen LogP contribution in [0.25, 0.3) is 21.1 Å². The molecule has 4 rings (SSSR count). The highest BCUT2D eigenvalue weighted by atomic mass is 32.1. The first-order valence-corrected chi connectivity index (χ1v) is 9.52. The zero-order valence-corrected chi connectivity index (χ0v) is 16.5. The number of benzene rings is 1. The Kier molecular flexibility index (Phi) is 4.08. The topological polar surface area (TPSA) is 80.9 Å². The maximum Gasteiger partial charge on any atom is 0.267 e. The number of nitrogens with one attached hydrogen (secondary N) is 1. The fraction of sp³-hybridized carbons (Fsp3) is 0.190. The first-order valence-electron chi connectivity index (χ1n) is 8.70. The normalized spacial score (nSPS) is 11.3. The summed E-state index contributed by atoms with van der Waals surface area (Å²) in [4.78, 5) is 23.4. The molecule has 5 nitrogen and oxygen atoms in total. The maximum atomic E-state index is 13.0. The van der Waals surface area contributed by atoms with Crippen molar-refractivity contribution in [3.8, 4) is 0 Å². The van der Waals surface area contributed by atoms with Crippen molar-refractivity contribution in [3.05, 3.63) is 57.7 Å². The van der Waals surface area contributed by atoms with E-state index in [1.165, 1.54) is 11.3 Å². The Hall–Kier alpha value is -2.99. The number of nitrogens with zero attached hydrogens (tertiary/aromatic N) is 2. The van der Waals surface area contributed by atoms with E-state index in [1.54, 1.807) is 0 Å². The molecule has 0 aliphatic heterocycles. The number of carbonyl (C=O) groups is 1. The summed E-state index contributed by atoms with van der Waals surface area (Å²) in [6.07, 6.45) is 0. The van der Waals surface area contributed by atoms with Gasteiger partial charge >= 0.3 is 0 Å². The van der Waals surface area contributed by atoms with E-state index >= 15 is 0 Å². The molecule has 0 saturated heterocycles. The number of nitrogens with two attached hydrogens (primary N) is 1. The molecule has 4 aromatic rings. The number of hydrogen-bond acceptors (Lipinski definition) is 5. The van der Waals surface area contributed by atoms with E-state index in [4.69, 9.17) is 5.73 Å². The SMILES string of the molecule is Cc1cc(NC(=O)c2sc3nc(C)c(C)c(C)c3c2N)c2ccccc2n1. The number of hydrogen-bond donors (Lipinski definition) is 2. The van der Waals surface area contributed by atoms with Crippen molar-refractivity contribution in [3.63, 3.8) is 0 Å². The second kappa shape index (κ2) is 6.32. The van der Waals surface area contributed by atoms with Crippen molar-refractivity contribution >= 4 is 49.7 Å². The predicted octanol–water partition coefficient (Wildman–Crippen LogP) is 4.91. The van der Waals surface area contributed by atoms with Crippen LogP contribution in [-0.2, 0) is 0 Å². The lowest BCUT2D eigenvalue weighted by molar-refractivity contribution is 0.103. The number of anilines is 2. The Labute approximate surface area is 161 Å². The molecule has 3 heterocycles. The summed E-state index contributed by atoms with van der Waals surface area (Å²) in [5.41, 5.74) is 12.4. The van der Waals surface area contributed by atoms with Gasteiger partial charge in [0.2, 0.25) is 0 Å². The number of pyridine rings is 2. The molecular formula is C21H20N4OS. The zero-order chi connectivity index (χ0) is 19.3. The monoisotopic (exact) mass is 376 g/mol. The Bertz CT molecular complexity index is 1230. The Morgan fingerprint density at radius 2 is 1.81 bits per heavy atom. The van der Waals surface area contributed by atoms with Gasteiger partial charge < -0.3 is 11.1 Å². The number of aromatic nitrogens is 2. The van der Waals surface area contributed by atoms with Gasteiger partial charge in [-0.15, -0.1) is 11.3 Å². The Morgan fingerprint density at radius 1 is 1.07 bits per heavy atom. The molecule has 0 unspecified atom stereocenters. The van der Waals surface area contributed by atoms with Crippen LogP contribution in [0.3, 0.4) is 0 Å². The van der Waals surface area contributed by atoms with E-state index in [-0.39, 0.29) is 5.91 Å². The van der Waals surface area contributed by atoms with Gasteiger partial charge in [0.15, 0.2) is 0 Å². The minimum atomic E-state index is -0.221. The molecule has 0 radical (unpaired) electrons. The van der Waals surface area contributed by atoms with E-state index in [2.05, 4.69) is 15.3 Å². The lowest BCUT2D eigenvalue weighted by atomic mass is 10.1. The average Bonchev–Trinajstić information content (AvgIpc) is 2.96. The highest BCUT2D eigenvalue weighted by Gasteiger charge is 2.21. The third-order valence-corrected chi connectivity index (χ3v) is 6.07. The van der Waals surface area contributed by atoms with Crippen molar-refractivity contribution in [2.45, 2.75) is 27.7 Å². The Balaban J connectivity index is 1.81. The number of fused-ring (bicyclic) bond motifs is 2. The minimum absolute atomic E-state index is 0.221. The quantitative estimate of drug-likeness (QED) is 0.521. The number of para-hydroxylation sites is 1. The summed E-state index contributed by atoms with van der Waals surface area (Å²) in [6.45, 7) is 7.94. The average molecular weight is 376 g/mol. The van der Waals surface area contributed by atoms with Crippen molar-refractivity contribution in [2.75, 3.05) is 11.1 Å². The molecule has 6 heteroatoms. The molecule has 0 bridgehead atoms. The van der Waals surface area contributed by atoms with Gasteiger partial charge in [0.05, 0.1) is 16.9 Å². The predicted molar refractivity (Wildman–Crippen MR) is 113 cm³/mol. The first-order chi connectivity index (χ1) is 12.9. The van der Waals surface area contributed by atoms with Crippen molar-refractivity contribution in [1.29, 1.82) is 0 Å². The number of aryl methyl sites for hydroxylation is 3. The largest absolute Gasteiger partial charge is 0.397 e. The van der Waals surface area contributed by atoms with Crippen LogP contribution in [0.4, 0.5) is 11.4 Å². The summed E-state index contributed by atoms with van der Waals surface area (Å²) in [7, 11) is 0. The number of amides is 1. The molecule has 1 amide bonds. The summed E-state index contributed by atoms with van der Waals surface area (Å²) in [5.74, 6) is -0.221. The summed E-state index contributed by atoms with van der Waals surface area (Å²) >= 11 is 1.33. The van der Waals surface area contributed by atoms with Crippen LogP contribution in [0.1, 0.15) is 32.2 Å². The highest BCUT2D eigenvalue weighted by molar-refractivity contribution is 7.21. The van der Waals surface area contributed by atoms with Crippen molar-refractivity contribution < 1.29 is 4.79 Å². The van der Waals surface area contributed by atoms with Crippen LogP contribution in [0.15, 0.2) is 30.3 Å². The van der Waals surface area contributed by atoms with E-state index < -0.39 is 0 Å². The third kappa shape index (κ3) is 2.82. The first kappa shape index (κ1) is 17.4. The molecule has 136 valence electrons. The summed E-state index contributed by atoms with van der Waals surface area (Å²) < 4.78 is 0. The van der Waals surface area contributed by atoms with Crippen molar-refractivity contribution in [2.24, 2.45) is 0 Å². The smallest absolute Gasteiger partial charge is 0.267 e. The molecule has 0 saturated carbocycles. The van der Waals surface area contributed by atoms with Gasteiger partial charge in [0, 0.05) is 22.2 Å². The molecule has 0 spiro atoms. The van der Waals surface area contributed by atoms with Crippen molar-refractivity contribution in [1.82, 2.24) is 9.97 Å². The van der Waals surface area contributed by atoms with Crippen LogP contribution in [0.5, 0.6) is 0 Å². The number of carbonyl (C=O) groups excluding carboxylic acids is 1. The molecular weight excluding hydrogens is 356 g/mol. The fourth-order valence-electron chi connectivity index (χ4n) is 3.33. The van der Waals surface area contributed by atoms with Gasteiger partial charge in [-0.05, 0) is 51.0 Å². The molecule has 27 heavy (non-hydrogen) atoms. The van der Waals surface area contributed by atoms with Crippen LogP contribution in [0, 0.1) is 27.7 Å². The van der Waals surface area contributed by atoms with Crippen LogP contribution in [-0.4, -0.2) is 15.9 Å². The lowest BCUT2D eigenvalue weighted by Gasteiger charge is -2.09. The zero-order valence-electron chi connectivity index (χ0n) is 15.7. The van der Waals surface area contributed by atoms with E-state index in [0.717, 1.165) is 49.3 Å². The molecule has 0 fully saturated rings. The number of thiophene rings is 1. The standard InChI is InChI=1S/C21H20N4OS/c1-10-9-16(14-7-5-6-8-15(14)23-10)25-20(26)19-18(22)17-12(3)11(2)13(4)24-21(17)27-19/h5-9H,22H2,1-4H3,(H,23,25,26). The van der Waals surface area contributed by atoms with E-state index in [9.17, 15) is 4.79 Å². The van der Waals surface area contributed by atoms with Gasteiger partial charge in [-0.2, -0.15) is 0 Å². The highest BCUT2D eigenvalue weighted by Crippen LogP contribution is 2.37. The van der Waals surface area contributed by atoms with Gasteiger partial charge in [0.1, 0.15) is 9.71 Å². The maximum absolute atomic E-state index is 13.0. The van der Waals surface area contributed by atoms with Gasteiger partial charge in [-0.1, -0.05) is 18.2 Å². The van der Waals surface area contributed by atoms with E-state index in [0.29, 0.717) is 10.6 Å². The molecule has 0 atom stereocenters. The molecule has 1 aromatic carbocycles. The minimum Gasteiger partial charge on any atom is -0.397 e.